The number of hydrogen-bond acceptors (Lipinski definition) is 4. The molecule has 1 aliphatic rings. The largest absolute Gasteiger partial charge is 0.467 e. The quantitative estimate of drug-likeness (QED) is 0.752. The number of piperidine rings is 1. The lowest BCUT2D eigenvalue weighted by Gasteiger charge is -2.46. The van der Waals surface area contributed by atoms with Crippen LogP contribution >= 0.6 is 0 Å². The summed E-state index contributed by atoms with van der Waals surface area (Å²) < 4.78 is 5.13. The van der Waals surface area contributed by atoms with Gasteiger partial charge in [0.2, 0.25) is 5.91 Å². The van der Waals surface area contributed by atoms with Crippen LogP contribution in [0.5, 0.6) is 0 Å². The molecule has 0 aromatic heterocycles. The highest BCUT2D eigenvalue weighted by molar-refractivity contribution is 6.02. The number of rotatable bonds is 6. The average molecular weight is 332 g/mol. The van der Waals surface area contributed by atoms with Crippen molar-refractivity contribution in [1.29, 1.82) is 0 Å². The lowest BCUT2D eigenvalue weighted by Crippen LogP contribution is -2.62. The fraction of sp³-hybridized carbons (Fsp3) is 0.579. The average Bonchev–Trinajstić information content (AvgIpc) is 2.63. The van der Waals surface area contributed by atoms with Crippen LogP contribution in [0.4, 0.5) is 5.69 Å². The molecule has 2 rings (SSSR count). The van der Waals surface area contributed by atoms with Gasteiger partial charge in [-0.25, -0.2) is 4.79 Å². The summed E-state index contributed by atoms with van der Waals surface area (Å²) in [7, 11) is 1.40. The number of anilines is 1. The van der Waals surface area contributed by atoms with Gasteiger partial charge in [-0.2, -0.15) is 0 Å². The number of ether oxygens (including phenoxy) is 1. The molecule has 1 aromatic rings. The van der Waals surface area contributed by atoms with Gasteiger partial charge in [0.1, 0.15) is 5.54 Å². The van der Waals surface area contributed by atoms with Gasteiger partial charge in [0, 0.05) is 25.2 Å². The molecule has 0 saturated carbocycles. The van der Waals surface area contributed by atoms with Gasteiger partial charge < -0.3 is 9.64 Å². The van der Waals surface area contributed by atoms with Crippen LogP contribution < -0.4 is 4.90 Å². The summed E-state index contributed by atoms with van der Waals surface area (Å²) in [6.07, 6.45) is 2.63. The normalized spacial score (nSPS) is 17.3. The van der Waals surface area contributed by atoms with Crippen molar-refractivity contribution in [3.63, 3.8) is 0 Å². The topological polar surface area (TPSA) is 49.9 Å². The first-order valence-corrected chi connectivity index (χ1v) is 8.78. The molecule has 0 aliphatic carbocycles. The van der Waals surface area contributed by atoms with Crippen molar-refractivity contribution < 1.29 is 14.3 Å². The number of carbonyl (C=O) groups is 2. The molecule has 1 fully saturated rings. The monoisotopic (exact) mass is 332 g/mol. The first kappa shape index (κ1) is 18.5. The van der Waals surface area contributed by atoms with E-state index >= 15 is 0 Å². The van der Waals surface area contributed by atoms with Crippen LogP contribution in [0.1, 0.15) is 39.5 Å². The van der Waals surface area contributed by atoms with Crippen molar-refractivity contribution in [3.8, 4) is 0 Å². The molecule has 1 saturated heterocycles. The Labute approximate surface area is 144 Å². The molecule has 24 heavy (non-hydrogen) atoms. The Morgan fingerprint density at radius 1 is 1.17 bits per heavy atom. The first-order valence-electron chi connectivity index (χ1n) is 8.78. The molecule has 0 bridgehead atoms. The highest BCUT2D eigenvalue weighted by atomic mass is 16.5. The third kappa shape index (κ3) is 3.61. The Bertz CT molecular complexity index is 551. The lowest BCUT2D eigenvalue weighted by molar-refractivity contribution is -0.151. The van der Waals surface area contributed by atoms with Gasteiger partial charge in [-0.1, -0.05) is 32.0 Å². The van der Waals surface area contributed by atoms with E-state index in [-0.39, 0.29) is 11.9 Å². The van der Waals surface area contributed by atoms with Crippen LogP contribution in [-0.4, -0.2) is 49.1 Å². The van der Waals surface area contributed by atoms with Gasteiger partial charge >= 0.3 is 5.97 Å². The SMILES string of the molecule is CCCN1CCC(C(=O)OC)(N(C(=O)CC)c2ccccc2)CC1. The molecule has 0 spiro atoms. The minimum absolute atomic E-state index is 0.0458. The molecular formula is C19H28N2O3. The predicted molar refractivity (Wildman–Crippen MR) is 94.9 cm³/mol. The molecule has 5 nitrogen and oxygen atoms in total. The zero-order chi connectivity index (χ0) is 17.6. The Morgan fingerprint density at radius 2 is 1.79 bits per heavy atom. The van der Waals surface area contributed by atoms with Crippen molar-refractivity contribution in [2.24, 2.45) is 0 Å². The van der Waals surface area contributed by atoms with E-state index in [1.165, 1.54) is 7.11 Å². The van der Waals surface area contributed by atoms with Gasteiger partial charge in [0.05, 0.1) is 7.11 Å². The summed E-state index contributed by atoms with van der Waals surface area (Å²) >= 11 is 0. The minimum atomic E-state index is -0.909. The Kier molecular flexibility index (Phi) is 6.37. The maximum absolute atomic E-state index is 12.8. The van der Waals surface area contributed by atoms with E-state index in [0.717, 1.165) is 31.7 Å². The number of amides is 1. The van der Waals surface area contributed by atoms with E-state index in [9.17, 15) is 9.59 Å². The van der Waals surface area contributed by atoms with Gasteiger partial charge in [0.15, 0.2) is 0 Å². The van der Waals surface area contributed by atoms with E-state index < -0.39 is 5.54 Å². The van der Waals surface area contributed by atoms with Crippen molar-refractivity contribution in [2.45, 2.75) is 45.1 Å². The highest BCUT2D eigenvalue weighted by Gasteiger charge is 2.49. The van der Waals surface area contributed by atoms with Gasteiger partial charge in [-0.15, -0.1) is 0 Å². The number of carbonyl (C=O) groups excluding carboxylic acids is 2. The minimum Gasteiger partial charge on any atom is -0.467 e. The fourth-order valence-corrected chi connectivity index (χ4v) is 3.54. The number of hydrogen-bond donors (Lipinski definition) is 0. The third-order valence-electron chi connectivity index (χ3n) is 4.78. The van der Waals surface area contributed by atoms with E-state index in [1.807, 2.05) is 37.3 Å². The fourth-order valence-electron chi connectivity index (χ4n) is 3.54. The number of methoxy groups -OCH3 is 1. The van der Waals surface area contributed by atoms with E-state index in [1.54, 1.807) is 4.90 Å². The second-order valence-electron chi connectivity index (χ2n) is 6.28. The van der Waals surface area contributed by atoms with E-state index in [4.69, 9.17) is 4.74 Å². The van der Waals surface area contributed by atoms with Crippen LogP contribution in [0.25, 0.3) is 0 Å². The molecule has 1 heterocycles. The van der Waals surface area contributed by atoms with Crippen LogP contribution in [-0.2, 0) is 14.3 Å². The molecule has 0 radical (unpaired) electrons. The van der Waals surface area contributed by atoms with Crippen molar-refractivity contribution >= 4 is 17.6 Å². The van der Waals surface area contributed by atoms with E-state index in [2.05, 4.69) is 11.8 Å². The standard InChI is InChI=1S/C19H28N2O3/c1-4-13-20-14-11-19(12-15-20,18(23)24-3)21(17(22)5-2)16-9-7-6-8-10-16/h6-10H,4-5,11-15H2,1-3H3. The second kappa shape index (κ2) is 8.29. The van der Waals surface area contributed by atoms with E-state index in [0.29, 0.717) is 19.3 Å². The first-order chi connectivity index (χ1) is 11.6. The van der Waals surface area contributed by atoms with Crippen molar-refractivity contribution in [1.82, 2.24) is 4.90 Å². The summed E-state index contributed by atoms with van der Waals surface area (Å²) in [6.45, 7) is 6.59. The Hall–Kier alpha value is -1.88. The summed E-state index contributed by atoms with van der Waals surface area (Å²) in [4.78, 5) is 29.5. The van der Waals surface area contributed by atoms with Gasteiger partial charge in [-0.05, 0) is 37.9 Å². The summed E-state index contributed by atoms with van der Waals surface area (Å²) in [5.41, 5.74) is -0.147. The number of para-hydroxylation sites is 1. The molecule has 1 amide bonds. The second-order valence-corrected chi connectivity index (χ2v) is 6.28. The third-order valence-corrected chi connectivity index (χ3v) is 4.78. The highest BCUT2D eigenvalue weighted by Crippen LogP contribution is 2.35. The molecule has 0 N–H and O–H groups in total. The van der Waals surface area contributed by atoms with Crippen molar-refractivity contribution in [2.75, 3.05) is 31.6 Å². The zero-order valence-electron chi connectivity index (χ0n) is 15.0. The number of esters is 1. The molecular weight excluding hydrogens is 304 g/mol. The molecule has 1 aliphatic heterocycles. The molecule has 5 heteroatoms. The van der Waals surface area contributed by atoms with Crippen LogP contribution in [0, 0.1) is 0 Å². The predicted octanol–water partition coefficient (Wildman–Crippen LogP) is 2.85. The maximum atomic E-state index is 12.8. The smallest absolute Gasteiger partial charge is 0.332 e. The lowest BCUT2D eigenvalue weighted by atomic mass is 9.84. The molecule has 0 unspecified atom stereocenters. The Balaban J connectivity index is 2.40. The number of likely N-dealkylation sites (tertiary alicyclic amines) is 1. The molecule has 0 atom stereocenters. The van der Waals surface area contributed by atoms with Gasteiger partial charge in [0.25, 0.3) is 0 Å². The maximum Gasteiger partial charge on any atom is 0.332 e. The van der Waals surface area contributed by atoms with Crippen molar-refractivity contribution in [3.05, 3.63) is 30.3 Å². The Morgan fingerprint density at radius 3 is 2.29 bits per heavy atom. The summed E-state index contributed by atoms with van der Waals surface area (Å²) in [6, 6.07) is 9.46. The summed E-state index contributed by atoms with van der Waals surface area (Å²) in [5, 5.41) is 0. The van der Waals surface area contributed by atoms with Gasteiger partial charge in [-0.3, -0.25) is 9.69 Å². The zero-order valence-corrected chi connectivity index (χ0v) is 15.0. The molecule has 1 aromatic carbocycles. The number of nitrogens with zero attached hydrogens (tertiary/aromatic N) is 2. The van der Waals surface area contributed by atoms with Crippen LogP contribution in [0.3, 0.4) is 0 Å². The summed E-state index contributed by atoms with van der Waals surface area (Å²) in [5.74, 6) is -0.361. The van der Waals surface area contributed by atoms with Crippen LogP contribution in [0.2, 0.25) is 0 Å². The molecule has 132 valence electrons. The number of benzene rings is 1. The van der Waals surface area contributed by atoms with Crippen LogP contribution in [0.15, 0.2) is 30.3 Å².